The molecule has 3 nitrogen and oxygen atoms in total. The highest BCUT2D eigenvalue weighted by molar-refractivity contribution is 5.91. The van der Waals surface area contributed by atoms with Crippen LogP contribution in [0.15, 0.2) is 11.6 Å². The van der Waals surface area contributed by atoms with Crippen molar-refractivity contribution in [3.63, 3.8) is 0 Å². The number of aliphatic hydroxyl groups excluding tert-OH is 1. The van der Waals surface area contributed by atoms with Crippen LogP contribution >= 0.6 is 0 Å². The highest BCUT2D eigenvalue weighted by atomic mass is 16.3. The molecule has 0 aromatic rings. The Labute approximate surface area is 151 Å². The monoisotopic (exact) mass is 344 g/mol. The molecule has 4 aliphatic carbocycles. The SMILES string of the molecule is CC(=O)[C@@H]1CC[C@@H]2[C@@H]3CC(C)C4=CC(=O)CC[C@]4(C)[C@@H]3C(O)C[C@@]21C. The molecule has 0 aromatic heterocycles. The Morgan fingerprint density at radius 3 is 2.68 bits per heavy atom. The van der Waals surface area contributed by atoms with Crippen LogP contribution in [0.3, 0.4) is 0 Å². The molecule has 0 heterocycles. The van der Waals surface area contributed by atoms with Crippen molar-refractivity contribution in [3.05, 3.63) is 11.6 Å². The zero-order chi connectivity index (χ0) is 18.1. The lowest BCUT2D eigenvalue weighted by atomic mass is 9.44. The lowest BCUT2D eigenvalue weighted by molar-refractivity contribution is -0.147. The van der Waals surface area contributed by atoms with Crippen LogP contribution in [0.4, 0.5) is 0 Å². The Morgan fingerprint density at radius 2 is 2.00 bits per heavy atom. The fraction of sp³-hybridized carbons (Fsp3) is 0.818. The number of hydrogen-bond donors (Lipinski definition) is 1. The van der Waals surface area contributed by atoms with E-state index in [-0.39, 0.29) is 34.6 Å². The third-order valence-corrected chi connectivity index (χ3v) is 8.70. The maximum absolute atomic E-state index is 12.2. The van der Waals surface area contributed by atoms with Gasteiger partial charge in [0.15, 0.2) is 5.78 Å². The molecular weight excluding hydrogens is 312 g/mol. The van der Waals surface area contributed by atoms with Crippen molar-refractivity contribution in [2.24, 2.45) is 40.4 Å². The average molecular weight is 344 g/mol. The lowest BCUT2D eigenvalue weighted by Gasteiger charge is -2.61. The van der Waals surface area contributed by atoms with E-state index in [1.807, 2.05) is 6.08 Å². The van der Waals surface area contributed by atoms with Crippen molar-refractivity contribution in [2.75, 3.05) is 0 Å². The molecule has 0 spiro atoms. The summed E-state index contributed by atoms with van der Waals surface area (Å²) in [7, 11) is 0. The molecule has 0 bridgehead atoms. The van der Waals surface area contributed by atoms with E-state index in [0.29, 0.717) is 30.0 Å². The molecule has 0 saturated heterocycles. The van der Waals surface area contributed by atoms with Gasteiger partial charge in [-0.25, -0.2) is 0 Å². The van der Waals surface area contributed by atoms with Crippen molar-refractivity contribution in [1.29, 1.82) is 0 Å². The summed E-state index contributed by atoms with van der Waals surface area (Å²) in [6.07, 6.45) is 6.93. The Morgan fingerprint density at radius 1 is 1.28 bits per heavy atom. The first-order valence-electron chi connectivity index (χ1n) is 10.1. The molecule has 0 radical (unpaired) electrons. The number of rotatable bonds is 1. The zero-order valence-electron chi connectivity index (χ0n) is 16.0. The van der Waals surface area contributed by atoms with Crippen LogP contribution < -0.4 is 0 Å². The highest BCUT2D eigenvalue weighted by Gasteiger charge is 2.63. The molecule has 3 saturated carbocycles. The Balaban J connectivity index is 1.76. The van der Waals surface area contributed by atoms with Gasteiger partial charge < -0.3 is 5.11 Å². The molecule has 1 N–H and O–H groups in total. The molecule has 3 heteroatoms. The van der Waals surface area contributed by atoms with E-state index in [0.717, 1.165) is 32.1 Å². The largest absolute Gasteiger partial charge is 0.393 e. The van der Waals surface area contributed by atoms with E-state index in [9.17, 15) is 14.7 Å². The van der Waals surface area contributed by atoms with E-state index in [1.54, 1.807) is 6.92 Å². The van der Waals surface area contributed by atoms with E-state index in [4.69, 9.17) is 0 Å². The second-order valence-corrected chi connectivity index (χ2v) is 9.93. The van der Waals surface area contributed by atoms with Gasteiger partial charge in [-0.2, -0.15) is 0 Å². The smallest absolute Gasteiger partial charge is 0.155 e. The number of carbonyl (C=O) groups is 2. The predicted octanol–water partition coefficient (Wildman–Crippen LogP) is 3.94. The fourth-order valence-corrected chi connectivity index (χ4v) is 7.79. The summed E-state index contributed by atoms with van der Waals surface area (Å²) in [5.41, 5.74) is 1.19. The minimum Gasteiger partial charge on any atom is -0.393 e. The molecule has 138 valence electrons. The summed E-state index contributed by atoms with van der Waals surface area (Å²) in [4.78, 5) is 24.3. The fourth-order valence-electron chi connectivity index (χ4n) is 7.79. The van der Waals surface area contributed by atoms with Gasteiger partial charge in [-0.15, -0.1) is 0 Å². The van der Waals surface area contributed by atoms with Crippen molar-refractivity contribution in [1.82, 2.24) is 0 Å². The van der Waals surface area contributed by atoms with Crippen molar-refractivity contribution >= 4 is 11.6 Å². The Kier molecular flexibility index (Phi) is 3.85. The van der Waals surface area contributed by atoms with Crippen LogP contribution in [0.25, 0.3) is 0 Å². The number of allylic oxidation sites excluding steroid dienone is 1. The maximum Gasteiger partial charge on any atom is 0.155 e. The molecule has 4 rings (SSSR count). The highest BCUT2D eigenvalue weighted by Crippen LogP contribution is 2.67. The quantitative estimate of drug-likeness (QED) is 0.784. The lowest BCUT2D eigenvalue weighted by Crippen LogP contribution is -2.58. The van der Waals surface area contributed by atoms with E-state index in [1.165, 1.54) is 5.57 Å². The van der Waals surface area contributed by atoms with Gasteiger partial charge in [-0.3, -0.25) is 9.59 Å². The van der Waals surface area contributed by atoms with Gasteiger partial charge in [-0.05, 0) is 79.6 Å². The summed E-state index contributed by atoms with van der Waals surface area (Å²) < 4.78 is 0. The van der Waals surface area contributed by atoms with Gasteiger partial charge in [0.1, 0.15) is 5.78 Å². The third-order valence-electron chi connectivity index (χ3n) is 8.70. The van der Waals surface area contributed by atoms with Gasteiger partial charge >= 0.3 is 0 Å². The first-order chi connectivity index (χ1) is 11.7. The minimum absolute atomic E-state index is 0.0474. The molecule has 3 fully saturated rings. The van der Waals surface area contributed by atoms with Crippen LogP contribution in [-0.4, -0.2) is 22.8 Å². The number of Topliss-reactive ketones (excluding diaryl/α,β-unsaturated/α-hetero) is 1. The molecule has 4 aliphatic rings. The first-order valence-corrected chi connectivity index (χ1v) is 10.1. The van der Waals surface area contributed by atoms with Crippen molar-refractivity contribution in [3.8, 4) is 0 Å². The number of hydrogen-bond acceptors (Lipinski definition) is 3. The molecule has 0 amide bonds. The Bertz CT molecular complexity index is 650. The Hall–Kier alpha value is -0.960. The second-order valence-electron chi connectivity index (χ2n) is 9.93. The summed E-state index contributed by atoms with van der Waals surface area (Å²) in [6.45, 7) is 8.55. The third kappa shape index (κ3) is 2.27. The van der Waals surface area contributed by atoms with Crippen LogP contribution in [-0.2, 0) is 9.59 Å². The average Bonchev–Trinajstić information content (AvgIpc) is 2.85. The van der Waals surface area contributed by atoms with Crippen molar-refractivity contribution < 1.29 is 14.7 Å². The van der Waals surface area contributed by atoms with Gasteiger partial charge in [0.2, 0.25) is 0 Å². The van der Waals surface area contributed by atoms with Gasteiger partial charge in [0, 0.05) is 12.3 Å². The number of ketones is 2. The summed E-state index contributed by atoms with van der Waals surface area (Å²) in [5, 5.41) is 11.2. The minimum atomic E-state index is -0.361. The number of aliphatic hydroxyl groups is 1. The van der Waals surface area contributed by atoms with Crippen LogP contribution in [0.5, 0.6) is 0 Å². The van der Waals surface area contributed by atoms with E-state index < -0.39 is 0 Å². The first kappa shape index (κ1) is 17.5. The van der Waals surface area contributed by atoms with Crippen LogP contribution in [0.1, 0.15) is 66.2 Å². The second kappa shape index (κ2) is 5.52. The van der Waals surface area contributed by atoms with Gasteiger partial charge in [0.05, 0.1) is 6.10 Å². The molecule has 8 atom stereocenters. The van der Waals surface area contributed by atoms with E-state index in [2.05, 4.69) is 20.8 Å². The number of fused-ring (bicyclic) bond motifs is 5. The molecule has 25 heavy (non-hydrogen) atoms. The summed E-state index contributed by atoms with van der Waals surface area (Å²) in [6, 6.07) is 0. The van der Waals surface area contributed by atoms with Gasteiger partial charge in [0.25, 0.3) is 0 Å². The van der Waals surface area contributed by atoms with Crippen LogP contribution in [0, 0.1) is 40.4 Å². The van der Waals surface area contributed by atoms with Crippen LogP contribution in [0.2, 0.25) is 0 Å². The molecular formula is C22H32O3. The maximum atomic E-state index is 12.2. The topological polar surface area (TPSA) is 54.4 Å². The van der Waals surface area contributed by atoms with Crippen molar-refractivity contribution in [2.45, 2.75) is 72.3 Å². The molecule has 2 unspecified atom stereocenters. The zero-order valence-corrected chi connectivity index (χ0v) is 16.0. The summed E-state index contributed by atoms with van der Waals surface area (Å²) >= 11 is 0. The molecule has 0 aliphatic heterocycles. The standard InChI is InChI=1S/C22H32O3/c1-12-9-15-17-6-5-16(13(2)23)22(17,4)11-19(25)20(15)21(3)8-7-14(24)10-18(12)21/h10,12,15-17,19-20,25H,5-9,11H2,1-4H3/t12?,15-,16-,17+,19?,20-,21-,22+/m0/s1. The summed E-state index contributed by atoms with van der Waals surface area (Å²) in [5.74, 6) is 2.33. The van der Waals surface area contributed by atoms with Gasteiger partial charge in [-0.1, -0.05) is 26.3 Å². The predicted molar refractivity (Wildman–Crippen MR) is 96.8 cm³/mol. The normalized spacial score (nSPS) is 52.0. The number of carbonyl (C=O) groups excluding carboxylic acids is 2. The van der Waals surface area contributed by atoms with E-state index >= 15 is 0 Å². The molecule has 0 aromatic carbocycles.